The van der Waals surface area contributed by atoms with Crippen molar-refractivity contribution in [3.8, 4) is 28.0 Å². The zero-order valence-electron chi connectivity index (χ0n) is 20.1. The van der Waals surface area contributed by atoms with Gasteiger partial charge >= 0.3 is 5.97 Å². The lowest BCUT2D eigenvalue weighted by atomic mass is 9.99. The molecule has 4 aromatic rings. The minimum Gasteiger partial charge on any atom is -0.497 e. The Kier molecular flexibility index (Phi) is 6.82. The Hall–Kier alpha value is -3.64. The van der Waals surface area contributed by atoms with Gasteiger partial charge < -0.3 is 19.3 Å². The van der Waals surface area contributed by atoms with Crippen LogP contribution in [0.25, 0.3) is 33.2 Å². The third-order valence-electron chi connectivity index (χ3n) is 6.93. The molecule has 180 valence electrons. The Labute approximate surface area is 205 Å². The normalized spacial score (nSPS) is 14.3. The van der Waals surface area contributed by atoms with E-state index < -0.39 is 5.97 Å². The van der Waals surface area contributed by atoms with Gasteiger partial charge in [0.1, 0.15) is 5.75 Å². The van der Waals surface area contributed by atoms with Crippen molar-refractivity contribution in [2.75, 3.05) is 26.7 Å². The van der Waals surface area contributed by atoms with Gasteiger partial charge in [-0.1, -0.05) is 24.6 Å². The highest BCUT2D eigenvalue weighted by Crippen LogP contribution is 2.35. The first-order valence-corrected chi connectivity index (χ1v) is 12.3. The van der Waals surface area contributed by atoms with Crippen LogP contribution in [-0.4, -0.2) is 52.3 Å². The number of methoxy groups -OCH3 is 1. The molecule has 1 N–H and O–H groups in total. The van der Waals surface area contributed by atoms with E-state index in [9.17, 15) is 9.90 Å². The van der Waals surface area contributed by atoms with Crippen LogP contribution in [0.1, 0.15) is 36.0 Å². The summed E-state index contributed by atoms with van der Waals surface area (Å²) in [6, 6.07) is 15.5. The topological polar surface area (TPSA) is 67.6 Å². The molecule has 0 spiro atoms. The van der Waals surface area contributed by atoms with Crippen LogP contribution in [0.5, 0.6) is 5.75 Å². The van der Waals surface area contributed by atoms with Crippen LogP contribution >= 0.6 is 0 Å². The number of aryl methyl sites for hydroxylation is 1. The Morgan fingerprint density at radius 1 is 0.971 bits per heavy atom. The smallest absolute Gasteiger partial charge is 0.336 e. The highest BCUT2D eigenvalue weighted by atomic mass is 16.5. The van der Waals surface area contributed by atoms with E-state index in [0.29, 0.717) is 5.56 Å². The molecule has 0 atom stereocenters. The van der Waals surface area contributed by atoms with Gasteiger partial charge in [0.2, 0.25) is 0 Å². The highest BCUT2D eigenvalue weighted by Gasteiger charge is 2.18. The fourth-order valence-electron chi connectivity index (χ4n) is 5.11. The van der Waals surface area contributed by atoms with Gasteiger partial charge in [0, 0.05) is 52.7 Å². The van der Waals surface area contributed by atoms with Gasteiger partial charge in [-0.25, -0.2) is 4.79 Å². The number of aromatic carboxylic acids is 1. The second-order valence-electron chi connectivity index (χ2n) is 9.19. The third-order valence-corrected chi connectivity index (χ3v) is 6.93. The molecule has 2 aromatic carbocycles. The van der Waals surface area contributed by atoms with Crippen LogP contribution in [0, 0.1) is 0 Å². The molecule has 0 radical (unpaired) electrons. The number of carboxylic acid groups (broad SMARTS) is 1. The molecular weight excluding hydrogens is 438 g/mol. The molecule has 2 aromatic heterocycles. The largest absolute Gasteiger partial charge is 0.497 e. The lowest BCUT2D eigenvalue weighted by molar-refractivity contribution is 0.0699. The molecule has 0 unspecified atom stereocenters. The molecule has 1 fully saturated rings. The first kappa shape index (κ1) is 23.1. The van der Waals surface area contributed by atoms with Crippen LogP contribution in [-0.2, 0) is 6.54 Å². The summed E-state index contributed by atoms with van der Waals surface area (Å²) < 4.78 is 7.49. The number of rotatable bonds is 8. The Balaban J connectivity index is 1.51. The maximum atomic E-state index is 12.1. The summed E-state index contributed by atoms with van der Waals surface area (Å²) in [5, 5.41) is 10.7. The predicted molar refractivity (Wildman–Crippen MR) is 139 cm³/mol. The van der Waals surface area contributed by atoms with Gasteiger partial charge in [-0.15, -0.1) is 0 Å². The second-order valence-corrected chi connectivity index (χ2v) is 9.19. The van der Waals surface area contributed by atoms with Crippen LogP contribution in [0.4, 0.5) is 0 Å². The first-order chi connectivity index (χ1) is 17.1. The number of fused-ring (bicyclic) bond motifs is 1. The Bertz CT molecular complexity index is 1320. The molecule has 1 aliphatic rings. The molecule has 6 heteroatoms. The van der Waals surface area contributed by atoms with Gasteiger partial charge in [0.15, 0.2) is 0 Å². The molecule has 0 amide bonds. The maximum Gasteiger partial charge on any atom is 0.336 e. The van der Waals surface area contributed by atoms with Gasteiger partial charge in [-0.2, -0.15) is 0 Å². The number of benzene rings is 2. The fraction of sp³-hybridized carbons (Fsp3) is 0.310. The average molecular weight is 470 g/mol. The van der Waals surface area contributed by atoms with Gasteiger partial charge in [0.05, 0.1) is 12.7 Å². The van der Waals surface area contributed by atoms with Crippen LogP contribution < -0.4 is 4.74 Å². The molecule has 0 saturated carbocycles. The molecule has 1 saturated heterocycles. The highest BCUT2D eigenvalue weighted by molar-refractivity contribution is 6.09. The van der Waals surface area contributed by atoms with E-state index in [1.54, 1.807) is 13.2 Å². The summed E-state index contributed by atoms with van der Waals surface area (Å²) in [6.45, 7) is 4.29. The lowest BCUT2D eigenvalue weighted by Crippen LogP contribution is -2.31. The predicted octanol–water partition coefficient (Wildman–Crippen LogP) is 5.95. The average Bonchev–Trinajstić information content (AvgIpc) is 3.28. The van der Waals surface area contributed by atoms with Crippen molar-refractivity contribution < 1.29 is 14.6 Å². The Morgan fingerprint density at radius 2 is 1.74 bits per heavy atom. The summed E-state index contributed by atoms with van der Waals surface area (Å²) in [5.74, 6) is -0.112. The number of pyridine rings is 1. The number of hydrogen-bond acceptors (Lipinski definition) is 4. The zero-order valence-corrected chi connectivity index (χ0v) is 20.1. The molecular formula is C29H31N3O3. The zero-order chi connectivity index (χ0) is 24.2. The van der Waals surface area contributed by atoms with Crippen molar-refractivity contribution in [1.29, 1.82) is 0 Å². The molecule has 0 bridgehead atoms. The number of likely N-dealkylation sites (tertiary alicyclic amines) is 1. The summed E-state index contributed by atoms with van der Waals surface area (Å²) in [6.07, 6.45) is 10.7. The lowest BCUT2D eigenvalue weighted by Gasteiger charge is -2.26. The third kappa shape index (κ3) is 4.93. The molecule has 3 heterocycles. The van der Waals surface area contributed by atoms with Gasteiger partial charge in [0.25, 0.3) is 0 Å². The summed E-state index contributed by atoms with van der Waals surface area (Å²) in [5.41, 5.74) is 5.09. The molecule has 0 aliphatic carbocycles. The quantitative estimate of drug-likeness (QED) is 0.345. The number of piperidine rings is 1. The van der Waals surface area contributed by atoms with Crippen LogP contribution in [0.3, 0.4) is 0 Å². The number of carboxylic acids is 1. The van der Waals surface area contributed by atoms with Crippen molar-refractivity contribution in [3.05, 3.63) is 72.7 Å². The van der Waals surface area contributed by atoms with E-state index in [1.165, 1.54) is 32.4 Å². The maximum absolute atomic E-state index is 12.1. The van der Waals surface area contributed by atoms with Crippen molar-refractivity contribution in [2.45, 2.75) is 32.2 Å². The summed E-state index contributed by atoms with van der Waals surface area (Å²) in [7, 11) is 1.65. The fourth-order valence-corrected chi connectivity index (χ4v) is 5.11. The number of aromatic nitrogens is 2. The SMILES string of the molecule is COc1ccc(-c2cncc(-c3cn(CCCN4CCCCC4)c4cccc(C(=O)O)c34)c2)cc1. The number of carbonyl (C=O) groups is 1. The number of ether oxygens (including phenoxy) is 1. The van der Waals surface area contributed by atoms with E-state index >= 15 is 0 Å². The summed E-state index contributed by atoms with van der Waals surface area (Å²) >= 11 is 0. The second kappa shape index (κ2) is 10.3. The first-order valence-electron chi connectivity index (χ1n) is 12.3. The molecule has 6 nitrogen and oxygen atoms in total. The molecule has 35 heavy (non-hydrogen) atoms. The monoisotopic (exact) mass is 469 g/mol. The van der Waals surface area contributed by atoms with E-state index in [4.69, 9.17) is 4.74 Å². The Morgan fingerprint density at radius 3 is 2.49 bits per heavy atom. The molecule has 1 aliphatic heterocycles. The van der Waals surface area contributed by atoms with E-state index in [0.717, 1.165) is 58.4 Å². The number of hydrogen-bond donors (Lipinski definition) is 1. The van der Waals surface area contributed by atoms with Gasteiger partial charge in [-0.05, 0) is 74.8 Å². The van der Waals surface area contributed by atoms with Crippen molar-refractivity contribution in [3.63, 3.8) is 0 Å². The molecule has 5 rings (SSSR count). The standard InChI is InChI=1S/C29H31N3O3/c1-35-24-11-9-21(10-12-24)22-17-23(19-30-18-22)26-20-32(16-6-15-31-13-3-2-4-14-31)27-8-5-7-25(28(26)27)29(33)34/h5,7-12,17-20H,2-4,6,13-16H2,1H3,(H,33,34). The minimum atomic E-state index is -0.915. The van der Waals surface area contributed by atoms with Crippen LogP contribution in [0.2, 0.25) is 0 Å². The van der Waals surface area contributed by atoms with Crippen molar-refractivity contribution in [2.24, 2.45) is 0 Å². The van der Waals surface area contributed by atoms with Crippen molar-refractivity contribution >= 4 is 16.9 Å². The van der Waals surface area contributed by atoms with Crippen LogP contribution in [0.15, 0.2) is 67.1 Å². The van der Waals surface area contributed by atoms with Crippen molar-refractivity contribution in [1.82, 2.24) is 14.5 Å². The van der Waals surface area contributed by atoms with E-state index in [2.05, 4.69) is 26.7 Å². The summed E-state index contributed by atoms with van der Waals surface area (Å²) in [4.78, 5) is 19.2. The number of nitrogens with zero attached hydrogens (tertiary/aromatic N) is 3. The minimum absolute atomic E-state index is 0.321. The van der Waals surface area contributed by atoms with E-state index in [-0.39, 0.29) is 0 Å². The van der Waals surface area contributed by atoms with E-state index in [1.807, 2.05) is 48.8 Å². The van der Waals surface area contributed by atoms with Gasteiger partial charge in [-0.3, -0.25) is 4.98 Å².